The smallest absolute Gasteiger partial charge is 0.0681 e. The lowest BCUT2D eigenvalue weighted by Crippen LogP contribution is -2.39. The molecular weight excluding hydrogens is 248 g/mol. The summed E-state index contributed by atoms with van der Waals surface area (Å²) in [6.45, 7) is 20.6. The Morgan fingerprint density at radius 1 is 0.850 bits per heavy atom. The molecule has 1 heterocycles. The van der Waals surface area contributed by atoms with E-state index < -0.39 is 0 Å². The molecule has 1 aliphatic rings. The van der Waals surface area contributed by atoms with Crippen LogP contribution in [-0.4, -0.2) is 23.9 Å². The van der Waals surface area contributed by atoms with E-state index in [1.165, 1.54) is 0 Å². The van der Waals surface area contributed by atoms with Gasteiger partial charge in [-0.25, -0.2) is 0 Å². The molecule has 0 aromatic heterocycles. The third kappa shape index (κ3) is 4.21. The summed E-state index contributed by atoms with van der Waals surface area (Å²) in [5.41, 5.74) is 0.480. The number of ether oxygens (including phenoxy) is 1. The van der Waals surface area contributed by atoms with Gasteiger partial charge in [-0.1, -0.05) is 62.3 Å². The van der Waals surface area contributed by atoms with Crippen molar-refractivity contribution < 1.29 is 9.84 Å². The van der Waals surface area contributed by atoms with E-state index in [0.29, 0.717) is 5.92 Å². The molecule has 0 aromatic carbocycles. The minimum absolute atomic E-state index is 0.0729. The Kier molecular flexibility index (Phi) is 5.04. The lowest BCUT2D eigenvalue weighted by Gasteiger charge is -2.37. The molecule has 0 radical (unpaired) electrons. The minimum Gasteiger partial charge on any atom is -0.396 e. The Morgan fingerprint density at radius 2 is 1.35 bits per heavy atom. The molecule has 1 fully saturated rings. The summed E-state index contributed by atoms with van der Waals surface area (Å²) < 4.78 is 6.48. The SMILES string of the molecule is CC(C)(C)C[C@H]1O[C@@H](C(C)(C)C)[C@H](CO)C1C(C)(C)C. The van der Waals surface area contributed by atoms with Crippen LogP contribution in [0.5, 0.6) is 0 Å². The molecule has 2 heteroatoms. The molecule has 0 aromatic rings. The lowest BCUT2D eigenvalue weighted by molar-refractivity contribution is -0.0507. The maximum absolute atomic E-state index is 9.97. The minimum atomic E-state index is 0.0729. The first-order chi connectivity index (χ1) is 8.77. The van der Waals surface area contributed by atoms with Crippen molar-refractivity contribution in [3.63, 3.8) is 0 Å². The average Bonchev–Trinajstić information content (AvgIpc) is 2.52. The van der Waals surface area contributed by atoms with E-state index in [0.717, 1.165) is 6.42 Å². The first-order valence-corrected chi connectivity index (χ1v) is 8.04. The number of aliphatic hydroxyl groups excluding tert-OH is 1. The summed E-state index contributed by atoms with van der Waals surface area (Å²) >= 11 is 0. The molecule has 0 bridgehead atoms. The van der Waals surface area contributed by atoms with E-state index in [4.69, 9.17) is 4.74 Å². The fourth-order valence-electron chi connectivity index (χ4n) is 3.87. The number of rotatable bonds is 2. The van der Waals surface area contributed by atoms with Crippen molar-refractivity contribution in [2.24, 2.45) is 28.1 Å². The molecule has 0 aliphatic carbocycles. The van der Waals surface area contributed by atoms with Gasteiger partial charge in [0.25, 0.3) is 0 Å². The highest BCUT2D eigenvalue weighted by molar-refractivity contribution is 5.00. The Morgan fingerprint density at radius 3 is 1.65 bits per heavy atom. The topological polar surface area (TPSA) is 29.5 Å². The highest BCUT2D eigenvalue weighted by Gasteiger charge is 2.52. The van der Waals surface area contributed by atoms with Crippen molar-refractivity contribution in [2.45, 2.75) is 80.9 Å². The summed E-state index contributed by atoms with van der Waals surface area (Å²) in [5.74, 6) is 0.651. The van der Waals surface area contributed by atoms with Crippen molar-refractivity contribution in [1.29, 1.82) is 0 Å². The van der Waals surface area contributed by atoms with Gasteiger partial charge in [0.05, 0.1) is 12.2 Å². The third-order valence-electron chi connectivity index (χ3n) is 4.45. The standard InChI is InChI=1S/C18H36O2/c1-16(2,3)10-13-14(17(4,5)6)12(11-19)15(20-13)18(7,8)9/h12-15,19H,10-11H2,1-9H3/t12-,13-,14?,15-/m1/s1. The number of aliphatic hydroxyl groups is 1. The Balaban J connectivity index is 3.10. The fourth-order valence-corrected chi connectivity index (χ4v) is 3.87. The van der Waals surface area contributed by atoms with Crippen LogP contribution < -0.4 is 0 Å². The fraction of sp³-hybridized carbons (Fsp3) is 1.00. The largest absolute Gasteiger partial charge is 0.396 e. The van der Waals surface area contributed by atoms with E-state index >= 15 is 0 Å². The second-order valence-corrected chi connectivity index (χ2v) is 9.96. The second kappa shape index (κ2) is 5.61. The van der Waals surface area contributed by atoms with E-state index in [2.05, 4.69) is 62.3 Å². The van der Waals surface area contributed by atoms with Gasteiger partial charge in [-0.3, -0.25) is 0 Å². The van der Waals surface area contributed by atoms with E-state index in [-0.39, 0.29) is 41.0 Å². The molecule has 0 spiro atoms. The highest BCUT2D eigenvalue weighted by atomic mass is 16.5. The Bertz CT molecular complexity index is 314. The zero-order chi connectivity index (χ0) is 15.9. The van der Waals surface area contributed by atoms with Crippen molar-refractivity contribution in [3.8, 4) is 0 Å². The van der Waals surface area contributed by atoms with Crippen LogP contribution in [0, 0.1) is 28.1 Å². The molecule has 1 rings (SSSR count). The predicted octanol–water partition coefficient (Wildman–Crippen LogP) is 4.51. The summed E-state index contributed by atoms with van der Waals surface area (Å²) in [7, 11) is 0. The highest BCUT2D eigenvalue weighted by Crippen LogP contribution is 2.50. The average molecular weight is 284 g/mol. The van der Waals surface area contributed by atoms with Crippen molar-refractivity contribution in [3.05, 3.63) is 0 Å². The van der Waals surface area contributed by atoms with Gasteiger partial charge in [0.1, 0.15) is 0 Å². The van der Waals surface area contributed by atoms with Crippen molar-refractivity contribution in [1.82, 2.24) is 0 Å². The quantitative estimate of drug-likeness (QED) is 0.808. The van der Waals surface area contributed by atoms with Crippen LogP contribution in [0.3, 0.4) is 0 Å². The Hall–Kier alpha value is -0.0800. The monoisotopic (exact) mass is 284 g/mol. The first-order valence-electron chi connectivity index (χ1n) is 8.04. The lowest BCUT2D eigenvalue weighted by atomic mass is 9.66. The van der Waals surface area contributed by atoms with Gasteiger partial charge in [0.2, 0.25) is 0 Å². The molecule has 1 unspecified atom stereocenters. The van der Waals surface area contributed by atoms with Crippen LogP contribution in [0.15, 0.2) is 0 Å². The van der Waals surface area contributed by atoms with Crippen LogP contribution in [0.25, 0.3) is 0 Å². The van der Waals surface area contributed by atoms with Crippen LogP contribution in [0.1, 0.15) is 68.7 Å². The molecular formula is C18H36O2. The summed E-state index contributed by atoms with van der Waals surface area (Å²) in [4.78, 5) is 0. The zero-order valence-electron chi connectivity index (χ0n) is 15.1. The van der Waals surface area contributed by atoms with E-state index in [1.54, 1.807) is 0 Å². The maximum Gasteiger partial charge on any atom is 0.0681 e. The Labute approximate surface area is 126 Å². The van der Waals surface area contributed by atoms with Crippen LogP contribution in [0.4, 0.5) is 0 Å². The van der Waals surface area contributed by atoms with Crippen molar-refractivity contribution >= 4 is 0 Å². The van der Waals surface area contributed by atoms with Crippen molar-refractivity contribution in [2.75, 3.05) is 6.61 Å². The molecule has 1 saturated heterocycles. The van der Waals surface area contributed by atoms with Crippen LogP contribution in [-0.2, 0) is 4.74 Å². The number of hydrogen-bond donors (Lipinski definition) is 1. The molecule has 1 aliphatic heterocycles. The number of hydrogen-bond acceptors (Lipinski definition) is 2. The van der Waals surface area contributed by atoms with Gasteiger partial charge in [-0.05, 0) is 28.6 Å². The van der Waals surface area contributed by atoms with Crippen LogP contribution in [0.2, 0.25) is 0 Å². The first kappa shape index (κ1) is 18.0. The summed E-state index contributed by atoms with van der Waals surface area (Å²) in [6.07, 6.45) is 1.44. The molecule has 0 saturated carbocycles. The third-order valence-corrected chi connectivity index (χ3v) is 4.45. The van der Waals surface area contributed by atoms with Gasteiger partial charge in [-0.15, -0.1) is 0 Å². The maximum atomic E-state index is 9.97. The molecule has 2 nitrogen and oxygen atoms in total. The molecule has 120 valence electrons. The zero-order valence-corrected chi connectivity index (χ0v) is 15.1. The summed E-state index contributed by atoms with van der Waals surface area (Å²) in [6, 6.07) is 0. The van der Waals surface area contributed by atoms with Crippen LogP contribution >= 0.6 is 0 Å². The molecule has 4 atom stereocenters. The van der Waals surface area contributed by atoms with E-state index in [9.17, 15) is 5.11 Å². The van der Waals surface area contributed by atoms with Gasteiger partial charge >= 0.3 is 0 Å². The van der Waals surface area contributed by atoms with Gasteiger partial charge < -0.3 is 9.84 Å². The van der Waals surface area contributed by atoms with Gasteiger partial charge in [-0.2, -0.15) is 0 Å². The molecule has 0 amide bonds. The normalized spacial score (nSPS) is 32.7. The molecule has 1 N–H and O–H groups in total. The van der Waals surface area contributed by atoms with E-state index in [1.807, 2.05) is 0 Å². The second-order valence-electron chi connectivity index (χ2n) is 9.96. The summed E-state index contributed by atoms with van der Waals surface area (Å²) in [5, 5.41) is 9.97. The van der Waals surface area contributed by atoms with Gasteiger partial charge in [0, 0.05) is 12.5 Å². The predicted molar refractivity (Wildman–Crippen MR) is 85.7 cm³/mol. The molecule has 20 heavy (non-hydrogen) atoms. The van der Waals surface area contributed by atoms with Gasteiger partial charge in [0.15, 0.2) is 0 Å².